The van der Waals surface area contributed by atoms with E-state index in [4.69, 9.17) is 0 Å². The fourth-order valence-corrected chi connectivity index (χ4v) is 8.40. The maximum absolute atomic E-state index is 2.44. The summed E-state index contributed by atoms with van der Waals surface area (Å²) < 4.78 is 0. The fraction of sp³-hybridized carbons (Fsp3) is 0.107. The summed E-state index contributed by atoms with van der Waals surface area (Å²) >= 11 is 0. The van der Waals surface area contributed by atoms with Gasteiger partial charge in [0.1, 0.15) is 0 Å². The lowest BCUT2D eigenvalue weighted by atomic mass is 9.75. The highest BCUT2D eigenvalue weighted by Gasteiger charge is 2.29. The number of hydrogen-bond donors (Lipinski definition) is 0. The predicted octanol–water partition coefficient (Wildman–Crippen LogP) is 14.9. The Kier molecular flexibility index (Phi) is 9.74. The lowest BCUT2D eigenvalue weighted by Gasteiger charge is -2.34. The summed E-state index contributed by atoms with van der Waals surface area (Å²) in [6, 6.07) is 68.2. The van der Waals surface area contributed by atoms with Crippen LogP contribution >= 0.6 is 0 Å². The molecule has 0 saturated carbocycles. The van der Waals surface area contributed by atoms with E-state index in [1.165, 1.54) is 61.3 Å². The first kappa shape index (κ1) is 36.0. The summed E-state index contributed by atoms with van der Waals surface area (Å²) in [7, 11) is 0. The van der Waals surface area contributed by atoms with E-state index in [-0.39, 0.29) is 10.8 Å². The van der Waals surface area contributed by atoms with Crippen molar-refractivity contribution in [2.75, 3.05) is 4.90 Å². The molecule has 1 heteroatoms. The number of benzene rings is 7. The molecular weight excluding hydrogens is 687 g/mol. The quantitative estimate of drug-likeness (QED) is 0.143. The lowest BCUT2D eigenvalue weighted by molar-refractivity contribution is 0.595. The van der Waals surface area contributed by atoms with Crippen molar-refractivity contribution in [3.63, 3.8) is 0 Å². The fourth-order valence-electron chi connectivity index (χ4n) is 8.40. The van der Waals surface area contributed by atoms with Gasteiger partial charge in [-0.3, -0.25) is 0 Å². The Labute approximate surface area is 338 Å². The zero-order chi connectivity index (χ0) is 38.7. The van der Waals surface area contributed by atoms with E-state index in [1.54, 1.807) is 0 Å². The van der Waals surface area contributed by atoms with E-state index in [9.17, 15) is 0 Å². The van der Waals surface area contributed by atoms with Gasteiger partial charge < -0.3 is 4.90 Å². The molecule has 0 bridgehead atoms. The average molecular weight is 734 g/mol. The molecule has 2 atom stereocenters. The third-order valence-electron chi connectivity index (χ3n) is 12.0. The van der Waals surface area contributed by atoms with Crippen LogP contribution in [0.5, 0.6) is 0 Å². The largest absolute Gasteiger partial charge is 0.311 e. The summed E-state index contributed by atoms with van der Waals surface area (Å²) in [5.74, 6) is 0. The summed E-state index contributed by atoms with van der Waals surface area (Å²) in [6.45, 7) is 4.70. The van der Waals surface area contributed by atoms with Crippen LogP contribution in [0.1, 0.15) is 43.4 Å². The third-order valence-corrected chi connectivity index (χ3v) is 12.0. The van der Waals surface area contributed by atoms with Gasteiger partial charge in [-0.05, 0) is 98.8 Å². The van der Waals surface area contributed by atoms with E-state index in [0.717, 1.165) is 24.2 Å². The van der Waals surface area contributed by atoms with E-state index in [2.05, 4.69) is 243 Å². The van der Waals surface area contributed by atoms with Gasteiger partial charge in [-0.25, -0.2) is 0 Å². The monoisotopic (exact) mass is 733 g/mol. The van der Waals surface area contributed by atoms with E-state index in [0.29, 0.717) is 0 Å². The highest BCUT2D eigenvalue weighted by Crippen LogP contribution is 2.43. The highest BCUT2D eigenvalue weighted by atomic mass is 15.1. The van der Waals surface area contributed by atoms with Crippen LogP contribution < -0.4 is 4.90 Å². The molecule has 276 valence electrons. The van der Waals surface area contributed by atoms with Gasteiger partial charge in [0, 0.05) is 27.9 Å². The van der Waals surface area contributed by atoms with Gasteiger partial charge in [-0.15, -0.1) is 0 Å². The minimum absolute atomic E-state index is 0.0820. The number of anilines is 2. The van der Waals surface area contributed by atoms with Crippen LogP contribution in [-0.4, -0.2) is 0 Å². The van der Waals surface area contributed by atoms with Crippen molar-refractivity contribution in [3.05, 3.63) is 247 Å². The van der Waals surface area contributed by atoms with Crippen molar-refractivity contribution < 1.29 is 0 Å². The third kappa shape index (κ3) is 7.37. The maximum Gasteiger partial charge on any atom is 0.0468 e. The predicted molar refractivity (Wildman–Crippen MR) is 242 cm³/mol. The molecule has 2 aliphatic rings. The Bertz CT molecular complexity index is 2600. The smallest absolute Gasteiger partial charge is 0.0468 e. The van der Waals surface area contributed by atoms with Crippen molar-refractivity contribution in [2.45, 2.75) is 37.5 Å². The van der Waals surface area contributed by atoms with Gasteiger partial charge >= 0.3 is 0 Å². The molecule has 0 aromatic heterocycles. The van der Waals surface area contributed by atoms with Crippen LogP contribution in [0.15, 0.2) is 230 Å². The molecule has 2 unspecified atom stereocenters. The molecule has 1 nitrogen and oxygen atoms in total. The second kappa shape index (κ2) is 15.4. The Hall–Kier alpha value is -6.70. The van der Waals surface area contributed by atoms with Crippen LogP contribution in [0.25, 0.3) is 39.0 Å². The molecule has 7 aromatic rings. The molecule has 0 amide bonds. The van der Waals surface area contributed by atoms with E-state index >= 15 is 0 Å². The van der Waals surface area contributed by atoms with Crippen molar-refractivity contribution >= 4 is 16.9 Å². The van der Waals surface area contributed by atoms with Gasteiger partial charge in [0.05, 0.1) is 0 Å². The number of hydrogen-bond acceptors (Lipinski definition) is 1. The van der Waals surface area contributed by atoms with Crippen molar-refractivity contribution in [1.82, 2.24) is 0 Å². The van der Waals surface area contributed by atoms with Crippen molar-refractivity contribution in [1.29, 1.82) is 0 Å². The van der Waals surface area contributed by atoms with Crippen LogP contribution in [0.3, 0.4) is 0 Å². The molecule has 0 spiro atoms. The normalized spacial score (nSPS) is 18.8. The first-order chi connectivity index (χ1) is 28.0. The summed E-state index contributed by atoms with van der Waals surface area (Å²) in [5.41, 5.74) is 15.8. The Morgan fingerprint density at radius 3 is 1.37 bits per heavy atom. The zero-order valence-electron chi connectivity index (χ0n) is 32.7. The van der Waals surface area contributed by atoms with Crippen LogP contribution in [-0.2, 0) is 10.8 Å². The van der Waals surface area contributed by atoms with Crippen LogP contribution in [0, 0.1) is 0 Å². The summed E-state index contributed by atoms with van der Waals surface area (Å²) in [5, 5.41) is 0. The molecule has 0 N–H and O–H groups in total. The minimum atomic E-state index is -0.116. The molecule has 0 fully saturated rings. The Morgan fingerprint density at radius 2 is 0.842 bits per heavy atom. The second-order valence-corrected chi connectivity index (χ2v) is 15.9. The first-order valence-electron chi connectivity index (χ1n) is 20.1. The summed E-state index contributed by atoms with van der Waals surface area (Å²) in [6.07, 6.45) is 16.1. The minimum Gasteiger partial charge on any atom is -0.311 e. The highest BCUT2D eigenvalue weighted by molar-refractivity contribution is 5.88. The Morgan fingerprint density at radius 1 is 0.386 bits per heavy atom. The van der Waals surface area contributed by atoms with Gasteiger partial charge in [-0.2, -0.15) is 0 Å². The summed E-state index contributed by atoms with van der Waals surface area (Å²) in [4.78, 5) is 2.44. The SMILES string of the molecule is CC1(c2ccc(-c3ccccc3)cc2)C=CC(N(c2ccc(C3(C)C=CC(c4ccccc4)=CC3)cc2)c2ccc(-c3ccccc3)c(-c3ccccc3)c2)=CC1. The topological polar surface area (TPSA) is 3.24 Å². The number of nitrogens with zero attached hydrogens (tertiary/aromatic N) is 1. The molecule has 0 saturated heterocycles. The molecule has 9 rings (SSSR count). The molecule has 0 radical (unpaired) electrons. The number of allylic oxidation sites excluding steroid dienone is 7. The maximum atomic E-state index is 2.44. The molecule has 57 heavy (non-hydrogen) atoms. The average Bonchev–Trinajstić information content (AvgIpc) is 3.29. The second-order valence-electron chi connectivity index (χ2n) is 15.9. The van der Waals surface area contributed by atoms with Gasteiger partial charge in [0.15, 0.2) is 0 Å². The van der Waals surface area contributed by atoms with Gasteiger partial charge in [0.25, 0.3) is 0 Å². The molecule has 2 aliphatic carbocycles. The molecule has 0 heterocycles. The van der Waals surface area contributed by atoms with Gasteiger partial charge in [-0.1, -0.05) is 208 Å². The Balaban J connectivity index is 1.08. The standard InChI is InChI=1S/C56H47N/c1-55(37-33-45(34-38-55)43-17-9-4-10-18-43)49-27-29-50(30-28-49)57(52-31-32-53(46-19-11-5-12-20-46)54(41-52)47-21-13-6-14-22-47)51-35-39-56(2,40-36-51)48-25-23-44(24-26-48)42-15-7-3-8-16-42/h3-37,39,41H,38,40H2,1-2H3. The molecule has 0 aliphatic heterocycles. The van der Waals surface area contributed by atoms with Crippen LogP contribution in [0.2, 0.25) is 0 Å². The van der Waals surface area contributed by atoms with Gasteiger partial charge in [0.2, 0.25) is 0 Å². The van der Waals surface area contributed by atoms with Crippen molar-refractivity contribution in [3.8, 4) is 33.4 Å². The van der Waals surface area contributed by atoms with Crippen molar-refractivity contribution in [2.24, 2.45) is 0 Å². The van der Waals surface area contributed by atoms with E-state index < -0.39 is 0 Å². The lowest BCUT2D eigenvalue weighted by Crippen LogP contribution is -2.24. The molecule has 7 aromatic carbocycles. The van der Waals surface area contributed by atoms with E-state index in [1.807, 2.05) is 0 Å². The molecular formula is C56H47N. The first-order valence-corrected chi connectivity index (χ1v) is 20.1. The zero-order valence-corrected chi connectivity index (χ0v) is 32.7. The number of rotatable bonds is 9. The van der Waals surface area contributed by atoms with Crippen LogP contribution in [0.4, 0.5) is 11.4 Å².